The fourth-order valence-corrected chi connectivity index (χ4v) is 3.02. The van der Waals surface area contributed by atoms with Crippen LogP contribution in [0.25, 0.3) is 5.52 Å². The predicted octanol–water partition coefficient (Wildman–Crippen LogP) is 3.28. The SMILES string of the molecule is CCOC(=O)c1cc(C(=O)c2cccs2)n2ccc(C#N)cc12. The minimum Gasteiger partial charge on any atom is -0.462 e. The number of ether oxygens (including phenoxy) is 1. The summed E-state index contributed by atoms with van der Waals surface area (Å²) in [5.41, 5.74) is 1.55. The maximum atomic E-state index is 12.6. The molecule has 0 aliphatic heterocycles. The summed E-state index contributed by atoms with van der Waals surface area (Å²) in [6.07, 6.45) is 1.62. The first kappa shape index (κ1) is 15.0. The second kappa shape index (κ2) is 6.07. The van der Waals surface area contributed by atoms with Gasteiger partial charge in [0, 0.05) is 6.20 Å². The normalized spacial score (nSPS) is 10.4. The summed E-state index contributed by atoms with van der Waals surface area (Å²) in [4.78, 5) is 25.4. The van der Waals surface area contributed by atoms with Crippen LogP contribution in [0.4, 0.5) is 0 Å². The van der Waals surface area contributed by atoms with Gasteiger partial charge in [0.05, 0.1) is 39.9 Å². The molecule has 3 aromatic heterocycles. The van der Waals surface area contributed by atoms with Crippen LogP contribution in [0.3, 0.4) is 0 Å². The Balaban J connectivity index is 2.21. The van der Waals surface area contributed by atoms with Crippen molar-refractivity contribution in [3.05, 3.63) is 63.6 Å². The molecule has 3 rings (SSSR count). The number of pyridine rings is 1. The lowest BCUT2D eigenvalue weighted by Gasteiger charge is -2.02. The maximum absolute atomic E-state index is 12.6. The van der Waals surface area contributed by atoms with Gasteiger partial charge in [0.25, 0.3) is 0 Å². The van der Waals surface area contributed by atoms with Crippen LogP contribution in [-0.2, 0) is 4.74 Å². The van der Waals surface area contributed by atoms with Crippen molar-refractivity contribution in [2.75, 3.05) is 6.61 Å². The van der Waals surface area contributed by atoms with Gasteiger partial charge in [0.15, 0.2) is 0 Å². The van der Waals surface area contributed by atoms with Crippen molar-refractivity contribution in [1.29, 1.82) is 5.26 Å². The van der Waals surface area contributed by atoms with Crippen molar-refractivity contribution in [3.63, 3.8) is 0 Å². The first-order valence-corrected chi connectivity index (χ1v) is 7.84. The standard InChI is InChI=1S/C17H12N2O3S/c1-2-22-17(21)12-9-14(16(20)15-4-3-7-23-15)19-6-5-11(10-18)8-13(12)19/h3-9H,2H2,1H3. The molecular formula is C17H12N2O3S. The van der Waals surface area contributed by atoms with E-state index in [1.165, 1.54) is 17.4 Å². The Labute approximate surface area is 136 Å². The van der Waals surface area contributed by atoms with Crippen LogP contribution in [-0.4, -0.2) is 22.8 Å². The van der Waals surface area contributed by atoms with E-state index in [-0.39, 0.29) is 18.0 Å². The smallest absolute Gasteiger partial charge is 0.340 e. The molecule has 5 nitrogen and oxygen atoms in total. The Hall–Kier alpha value is -2.91. The summed E-state index contributed by atoms with van der Waals surface area (Å²) in [5, 5.41) is 10.9. The van der Waals surface area contributed by atoms with E-state index in [1.54, 1.807) is 41.8 Å². The highest BCUT2D eigenvalue weighted by molar-refractivity contribution is 7.12. The summed E-state index contributed by atoms with van der Waals surface area (Å²) in [6.45, 7) is 1.96. The van der Waals surface area contributed by atoms with Crippen molar-refractivity contribution in [2.24, 2.45) is 0 Å². The lowest BCUT2D eigenvalue weighted by atomic mass is 10.2. The summed E-state index contributed by atoms with van der Waals surface area (Å²) in [6, 6.07) is 10.3. The number of aromatic nitrogens is 1. The van der Waals surface area contributed by atoms with E-state index >= 15 is 0 Å². The zero-order chi connectivity index (χ0) is 16.4. The van der Waals surface area contributed by atoms with E-state index in [0.717, 1.165) is 0 Å². The van der Waals surface area contributed by atoms with Crippen molar-refractivity contribution < 1.29 is 14.3 Å². The molecule has 3 heterocycles. The van der Waals surface area contributed by atoms with Crippen LogP contribution in [0.5, 0.6) is 0 Å². The van der Waals surface area contributed by atoms with Crippen LogP contribution in [0.1, 0.15) is 38.2 Å². The third-order valence-corrected chi connectivity index (χ3v) is 4.24. The molecule has 3 aromatic rings. The van der Waals surface area contributed by atoms with Crippen molar-refractivity contribution in [3.8, 4) is 6.07 Å². The van der Waals surface area contributed by atoms with Gasteiger partial charge in [-0.05, 0) is 36.6 Å². The highest BCUT2D eigenvalue weighted by atomic mass is 32.1. The number of ketones is 1. The first-order valence-electron chi connectivity index (χ1n) is 6.96. The van der Waals surface area contributed by atoms with Gasteiger partial charge in [-0.3, -0.25) is 4.79 Å². The van der Waals surface area contributed by atoms with Gasteiger partial charge in [0.1, 0.15) is 0 Å². The number of hydrogen-bond acceptors (Lipinski definition) is 5. The van der Waals surface area contributed by atoms with Crippen LogP contribution < -0.4 is 0 Å². The Morgan fingerprint density at radius 2 is 2.17 bits per heavy atom. The van der Waals surface area contributed by atoms with Gasteiger partial charge in [-0.15, -0.1) is 11.3 Å². The van der Waals surface area contributed by atoms with Crippen molar-refractivity contribution >= 4 is 28.6 Å². The predicted molar refractivity (Wildman–Crippen MR) is 85.8 cm³/mol. The van der Waals surface area contributed by atoms with Gasteiger partial charge in [-0.2, -0.15) is 5.26 Å². The van der Waals surface area contributed by atoms with E-state index in [2.05, 4.69) is 0 Å². The third kappa shape index (κ3) is 2.62. The monoisotopic (exact) mass is 324 g/mol. The molecule has 0 aliphatic carbocycles. The Morgan fingerprint density at radius 3 is 2.83 bits per heavy atom. The molecule has 0 saturated carbocycles. The summed E-state index contributed by atoms with van der Waals surface area (Å²) < 4.78 is 6.67. The largest absolute Gasteiger partial charge is 0.462 e. The minimum atomic E-state index is -0.509. The quantitative estimate of drug-likeness (QED) is 0.545. The molecule has 0 spiro atoms. The first-order chi connectivity index (χ1) is 11.2. The molecule has 0 aliphatic rings. The molecule has 6 heteroatoms. The van der Waals surface area contributed by atoms with Gasteiger partial charge in [-0.1, -0.05) is 6.07 Å². The number of carbonyl (C=O) groups is 2. The zero-order valence-electron chi connectivity index (χ0n) is 12.3. The number of carbonyl (C=O) groups excluding carboxylic acids is 2. The number of fused-ring (bicyclic) bond motifs is 1. The molecular weight excluding hydrogens is 312 g/mol. The summed E-state index contributed by atoms with van der Waals surface area (Å²) >= 11 is 1.34. The molecule has 0 fully saturated rings. The molecule has 0 N–H and O–H groups in total. The third-order valence-electron chi connectivity index (χ3n) is 3.37. The minimum absolute atomic E-state index is 0.171. The molecule has 0 saturated heterocycles. The Morgan fingerprint density at radius 1 is 1.35 bits per heavy atom. The summed E-state index contributed by atoms with van der Waals surface area (Å²) in [5.74, 6) is -0.680. The molecule has 0 unspecified atom stereocenters. The second-order valence-electron chi connectivity index (χ2n) is 4.75. The molecule has 0 radical (unpaired) electrons. The average molecular weight is 324 g/mol. The Bertz CT molecular complexity index is 933. The van der Waals surface area contributed by atoms with Crippen LogP contribution in [0, 0.1) is 11.3 Å². The fourth-order valence-electron chi connectivity index (χ4n) is 2.35. The fraction of sp³-hybridized carbons (Fsp3) is 0.118. The van der Waals surface area contributed by atoms with Gasteiger partial charge in [0.2, 0.25) is 5.78 Å². The van der Waals surface area contributed by atoms with Crippen LogP contribution in [0.2, 0.25) is 0 Å². The van der Waals surface area contributed by atoms with Crippen LogP contribution >= 0.6 is 11.3 Å². The number of nitriles is 1. The molecule has 23 heavy (non-hydrogen) atoms. The van der Waals surface area contributed by atoms with Gasteiger partial charge >= 0.3 is 5.97 Å². The maximum Gasteiger partial charge on any atom is 0.340 e. The van der Waals surface area contributed by atoms with E-state index < -0.39 is 5.97 Å². The van der Waals surface area contributed by atoms with Gasteiger partial charge in [-0.25, -0.2) is 4.79 Å². The zero-order valence-corrected chi connectivity index (χ0v) is 13.1. The van der Waals surface area contributed by atoms with Crippen LogP contribution in [0.15, 0.2) is 41.9 Å². The number of thiophene rings is 1. The number of esters is 1. The highest BCUT2D eigenvalue weighted by Gasteiger charge is 2.22. The summed E-state index contributed by atoms with van der Waals surface area (Å²) in [7, 11) is 0. The molecule has 0 bridgehead atoms. The van der Waals surface area contributed by atoms with Crippen molar-refractivity contribution in [2.45, 2.75) is 6.92 Å². The van der Waals surface area contributed by atoms with Gasteiger partial charge < -0.3 is 9.14 Å². The highest BCUT2D eigenvalue weighted by Crippen LogP contribution is 2.23. The number of rotatable bonds is 4. The second-order valence-corrected chi connectivity index (χ2v) is 5.70. The molecule has 0 atom stereocenters. The molecule has 0 amide bonds. The van der Waals surface area contributed by atoms with E-state index in [0.29, 0.717) is 21.7 Å². The number of nitrogens with zero attached hydrogens (tertiary/aromatic N) is 2. The Kier molecular flexibility index (Phi) is 3.96. The van der Waals surface area contributed by atoms with E-state index in [4.69, 9.17) is 10.00 Å². The lowest BCUT2D eigenvalue weighted by molar-refractivity contribution is 0.0529. The topological polar surface area (TPSA) is 71.6 Å². The molecule has 0 aromatic carbocycles. The number of hydrogen-bond donors (Lipinski definition) is 0. The lowest BCUT2D eigenvalue weighted by Crippen LogP contribution is -2.04. The van der Waals surface area contributed by atoms with E-state index in [1.807, 2.05) is 11.4 Å². The average Bonchev–Trinajstić information content (AvgIpc) is 3.21. The molecule has 114 valence electrons. The van der Waals surface area contributed by atoms with Crippen molar-refractivity contribution in [1.82, 2.24) is 4.40 Å². The van der Waals surface area contributed by atoms with E-state index in [9.17, 15) is 9.59 Å².